The average Bonchev–Trinajstić information content (AvgIpc) is 3.40. The normalized spacial score (nSPS) is 16.9. The second kappa shape index (κ2) is 10.7. The van der Waals surface area contributed by atoms with Crippen LogP contribution in [-0.2, 0) is 14.3 Å². The molecule has 1 atom stereocenters. The van der Waals surface area contributed by atoms with Gasteiger partial charge < -0.3 is 14.6 Å². The van der Waals surface area contributed by atoms with Crippen molar-refractivity contribution in [3.8, 4) is 5.75 Å². The Morgan fingerprint density at radius 2 is 1.81 bits per heavy atom. The molecule has 4 rings (SSSR count). The number of rotatable bonds is 8. The van der Waals surface area contributed by atoms with Crippen LogP contribution >= 0.6 is 11.3 Å². The fourth-order valence-corrected chi connectivity index (χ4v) is 4.96. The molecule has 186 valence electrons. The number of carbonyl (C=O) groups excluding carboxylic acids is 3. The Labute approximate surface area is 212 Å². The maximum atomic E-state index is 13.3. The van der Waals surface area contributed by atoms with Crippen LogP contribution in [0, 0.1) is 6.92 Å². The van der Waals surface area contributed by atoms with Crippen molar-refractivity contribution < 1.29 is 29.0 Å². The molecule has 36 heavy (non-hydrogen) atoms. The highest BCUT2D eigenvalue weighted by atomic mass is 32.1. The minimum Gasteiger partial charge on any atom is -0.507 e. The summed E-state index contributed by atoms with van der Waals surface area (Å²) in [6, 6.07) is 14.7. The highest BCUT2D eigenvalue weighted by Crippen LogP contribution is 2.43. The Hall–Kier alpha value is -3.98. The van der Waals surface area contributed by atoms with Crippen molar-refractivity contribution in [1.82, 2.24) is 4.98 Å². The lowest BCUT2D eigenvalue weighted by molar-refractivity contribution is -0.132. The summed E-state index contributed by atoms with van der Waals surface area (Å²) in [5.41, 5.74) is 1.32. The van der Waals surface area contributed by atoms with E-state index in [1.807, 2.05) is 6.07 Å². The number of carbonyl (C=O) groups is 3. The molecular weight excluding hydrogens is 480 g/mol. The van der Waals surface area contributed by atoms with E-state index in [-0.39, 0.29) is 21.3 Å². The number of hydrogen-bond acceptors (Lipinski definition) is 8. The van der Waals surface area contributed by atoms with Gasteiger partial charge in [-0.05, 0) is 43.2 Å². The summed E-state index contributed by atoms with van der Waals surface area (Å²) in [5.74, 6) is -1.91. The molecule has 1 amide bonds. The van der Waals surface area contributed by atoms with E-state index >= 15 is 0 Å². The number of ketones is 1. The number of aliphatic hydroxyl groups is 1. The maximum absolute atomic E-state index is 13.3. The van der Waals surface area contributed by atoms with Crippen LogP contribution in [-0.4, -0.2) is 41.5 Å². The number of aryl methyl sites for hydroxylation is 1. The molecule has 8 nitrogen and oxygen atoms in total. The van der Waals surface area contributed by atoms with E-state index in [2.05, 4.69) is 11.9 Å². The van der Waals surface area contributed by atoms with Gasteiger partial charge in [-0.15, -0.1) is 0 Å². The number of anilines is 1. The molecule has 1 unspecified atom stereocenters. The summed E-state index contributed by atoms with van der Waals surface area (Å²) in [5, 5.41) is 11.4. The lowest BCUT2D eigenvalue weighted by Crippen LogP contribution is -2.29. The van der Waals surface area contributed by atoms with E-state index in [4.69, 9.17) is 9.47 Å². The number of ether oxygens (including phenoxy) is 2. The molecule has 3 aromatic rings. The van der Waals surface area contributed by atoms with Gasteiger partial charge in [-0.1, -0.05) is 55.0 Å². The summed E-state index contributed by atoms with van der Waals surface area (Å²) in [7, 11) is 1.26. The van der Waals surface area contributed by atoms with Crippen molar-refractivity contribution in [2.45, 2.75) is 32.7 Å². The molecule has 0 aliphatic carbocycles. The molecule has 0 spiro atoms. The number of nitrogens with zero attached hydrogens (tertiary/aromatic N) is 2. The predicted octanol–water partition coefficient (Wildman–Crippen LogP) is 5.04. The van der Waals surface area contributed by atoms with Crippen LogP contribution in [0.25, 0.3) is 5.76 Å². The van der Waals surface area contributed by atoms with Crippen molar-refractivity contribution in [1.29, 1.82) is 0 Å². The number of benzene rings is 2. The van der Waals surface area contributed by atoms with E-state index in [1.54, 1.807) is 55.5 Å². The second-order valence-electron chi connectivity index (χ2n) is 8.21. The summed E-state index contributed by atoms with van der Waals surface area (Å²) in [4.78, 5) is 44.5. The van der Waals surface area contributed by atoms with Gasteiger partial charge in [0.05, 0.1) is 31.0 Å². The van der Waals surface area contributed by atoms with Crippen LogP contribution < -0.4 is 9.64 Å². The van der Waals surface area contributed by atoms with Crippen molar-refractivity contribution in [3.63, 3.8) is 0 Å². The maximum Gasteiger partial charge on any atom is 0.350 e. The summed E-state index contributed by atoms with van der Waals surface area (Å²) in [6.07, 6.45) is 1.94. The van der Waals surface area contributed by atoms with Gasteiger partial charge >= 0.3 is 11.9 Å². The third kappa shape index (κ3) is 4.74. The molecule has 1 aromatic heterocycles. The fourth-order valence-electron chi connectivity index (χ4n) is 3.95. The molecule has 1 saturated heterocycles. The van der Waals surface area contributed by atoms with Gasteiger partial charge in [-0.2, -0.15) is 0 Å². The van der Waals surface area contributed by atoms with Gasteiger partial charge in [-0.25, -0.2) is 9.78 Å². The van der Waals surface area contributed by atoms with E-state index in [1.165, 1.54) is 12.0 Å². The monoisotopic (exact) mass is 506 g/mol. The third-order valence-electron chi connectivity index (χ3n) is 5.82. The highest BCUT2D eigenvalue weighted by Gasteiger charge is 2.48. The molecular formula is C27H26N2O6S. The quantitative estimate of drug-likeness (QED) is 0.150. The largest absolute Gasteiger partial charge is 0.507 e. The molecule has 2 aromatic carbocycles. The second-order valence-corrected chi connectivity index (χ2v) is 9.19. The molecule has 0 saturated carbocycles. The molecule has 9 heteroatoms. The number of methoxy groups -OCH3 is 1. The van der Waals surface area contributed by atoms with Crippen LogP contribution in [0.5, 0.6) is 5.75 Å². The van der Waals surface area contributed by atoms with Gasteiger partial charge in [0.25, 0.3) is 5.78 Å². The van der Waals surface area contributed by atoms with Crippen LogP contribution in [0.4, 0.5) is 5.13 Å². The van der Waals surface area contributed by atoms with E-state index < -0.39 is 23.7 Å². The number of esters is 1. The molecule has 1 aliphatic heterocycles. The van der Waals surface area contributed by atoms with Gasteiger partial charge in [0, 0.05) is 5.56 Å². The molecule has 0 radical (unpaired) electrons. The Morgan fingerprint density at radius 3 is 2.44 bits per heavy atom. The Morgan fingerprint density at radius 1 is 1.11 bits per heavy atom. The van der Waals surface area contributed by atoms with Crippen molar-refractivity contribution in [2.75, 3.05) is 18.6 Å². The highest BCUT2D eigenvalue weighted by molar-refractivity contribution is 7.17. The summed E-state index contributed by atoms with van der Waals surface area (Å²) < 4.78 is 10.5. The lowest BCUT2D eigenvalue weighted by atomic mass is 9.95. The van der Waals surface area contributed by atoms with E-state index in [0.29, 0.717) is 29.2 Å². The summed E-state index contributed by atoms with van der Waals surface area (Å²) in [6.45, 7) is 4.29. The van der Waals surface area contributed by atoms with Gasteiger partial charge in [0.1, 0.15) is 16.4 Å². The van der Waals surface area contributed by atoms with Gasteiger partial charge in [-0.3, -0.25) is 14.5 Å². The smallest absolute Gasteiger partial charge is 0.350 e. The predicted molar refractivity (Wildman–Crippen MR) is 136 cm³/mol. The van der Waals surface area contributed by atoms with E-state index in [9.17, 15) is 19.5 Å². The summed E-state index contributed by atoms with van der Waals surface area (Å²) >= 11 is 0.961. The fraction of sp³-hybridized carbons (Fsp3) is 0.259. The van der Waals surface area contributed by atoms with Crippen LogP contribution in [0.1, 0.15) is 52.3 Å². The third-order valence-corrected chi connectivity index (χ3v) is 6.95. The number of aliphatic hydroxyl groups excluding tert-OH is 1. The number of aromatic nitrogens is 1. The lowest BCUT2D eigenvalue weighted by Gasteiger charge is -2.23. The standard InChI is InChI=1S/C27H26N2O6S/c1-4-5-15-35-19-13-11-18(12-14-19)22(30)20-21(17-9-7-6-8-10-17)29(25(32)23(20)31)27-28-16(2)24(36-27)26(33)34-3/h6-14,21,30H,4-5,15H2,1-3H3/b22-20+. The minimum atomic E-state index is -0.928. The van der Waals surface area contributed by atoms with E-state index in [0.717, 1.165) is 24.2 Å². The first-order valence-corrected chi connectivity index (χ1v) is 12.3. The number of hydrogen-bond donors (Lipinski definition) is 1. The number of amides is 1. The zero-order valence-corrected chi connectivity index (χ0v) is 21.0. The van der Waals surface area contributed by atoms with Crippen LogP contribution in [0.15, 0.2) is 60.2 Å². The molecule has 2 heterocycles. The van der Waals surface area contributed by atoms with Crippen molar-refractivity contribution in [2.24, 2.45) is 0 Å². The SMILES string of the molecule is CCCCOc1ccc(/C(O)=C2\C(=O)C(=O)N(c3nc(C)c(C(=O)OC)s3)C2c2ccccc2)cc1. The van der Waals surface area contributed by atoms with Crippen molar-refractivity contribution in [3.05, 3.63) is 81.9 Å². The van der Waals surface area contributed by atoms with Crippen LogP contribution in [0.3, 0.4) is 0 Å². The average molecular weight is 507 g/mol. The number of Topliss-reactive ketones (excluding diaryl/α,β-unsaturated/α-hetero) is 1. The minimum absolute atomic E-state index is 0.0571. The van der Waals surface area contributed by atoms with Crippen LogP contribution in [0.2, 0.25) is 0 Å². The number of thiazole rings is 1. The van der Waals surface area contributed by atoms with Crippen molar-refractivity contribution >= 4 is 39.9 Å². The first-order valence-electron chi connectivity index (χ1n) is 11.5. The first kappa shape index (κ1) is 25.1. The topological polar surface area (TPSA) is 106 Å². The molecule has 0 bridgehead atoms. The molecule has 1 fully saturated rings. The van der Waals surface area contributed by atoms with Gasteiger partial charge in [0.15, 0.2) is 5.13 Å². The van der Waals surface area contributed by atoms with Gasteiger partial charge in [0.2, 0.25) is 0 Å². The first-order chi connectivity index (χ1) is 17.4. The zero-order chi connectivity index (χ0) is 25.8. The Kier molecular flexibility index (Phi) is 7.49. The Bertz CT molecular complexity index is 1310. The number of unbranched alkanes of at least 4 members (excludes halogenated alkanes) is 1. The zero-order valence-electron chi connectivity index (χ0n) is 20.2. The molecule has 1 aliphatic rings. The Balaban J connectivity index is 1.80. The molecule has 1 N–H and O–H groups in total.